The zero-order valence-electron chi connectivity index (χ0n) is 16.9. The summed E-state index contributed by atoms with van der Waals surface area (Å²) in [5.74, 6) is 1.03. The molecule has 0 saturated heterocycles. The van der Waals surface area contributed by atoms with E-state index in [1.54, 1.807) is 23.9 Å². The molecule has 10 heteroatoms. The molecule has 8 nitrogen and oxygen atoms in total. The Morgan fingerprint density at radius 1 is 1.17 bits per heavy atom. The molecule has 0 aliphatic carbocycles. The molecule has 0 unspecified atom stereocenters. The summed E-state index contributed by atoms with van der Waals surface area (Å²) in [4.78, 5) is 12.9. The lowest BCUT2D eigenvalue weighted by Gasteiger charge is -2.18. The van der Waals surface area contributed by atoms with Gasteiger partial charge in [0.15, 0.2) is 5.65 Å². The van der Waals surface area contributed by atoms with E-state index in [9.17, 15) is 13.2 Å². The van der Waals surface area contributed by atoms with Crippen molar-refractivity contribution in [3.63, 3.8) is 0 Å². The number of nitrogens with zero attached hydrogens (tertiary/aromatic N) is 3. The van der Waals surface area contributed by atoms with Crippen LogP contribution < -0.4 is 10.0 Å². The van der Waals surface area contributed by atoms with Crippen LogP contribution in [0, 0.1) is 6.92 Å². The van der Waals surface area contributed by atoms with Crippen LogP contribution in [0.4, 0.5) is 0 Å². The number of carbonyl (C=O) groups is 1. The van der Waals surface area contributed by atoms with Crippen LogP contribution in [-0.2, 0) is 21.2 Å². The monoisotopic (exact) mass is 447 g/mol. The maximum Gasteiger partial charge on any atom is 0.241 e. The summed E-state index contributed by atoms with van der Waals surface area (Å²) in [5, 5.41) is 11.0. The highest BCUT2D eigenvalue weighted by Gasteiger charge is 2.25. The lowest BCUT2D eigenvalue weighted by molar-refractivity contribution is -0.122. The van der Waals surface area contributed by atoms with Gasteiger partial charge < -0.3 is 5.32 Å². The van der Waals surface area contributed by atoms with Gasteiger partial charge in [-0.05, 0) is 49.6 Å². The highest BCUT2D eigenvalue weighted by atomic mass is 32.2. The standard InChI is InChI=1S/C20H25N5O3S2/c1-15-6-8-16(9-7-15)30(27,28)24-17(11-14-29-2)20(26)21-12-10-19-23-22-18-5-3-4-13-25(18)19/h3-9,13,17,24H,10-12,14H2,1-2H3,(H,21,26)/t17-/m1/s1. The van der Waals surface area contributed by atoms with Crippen molar-refractivity contribution in [2.45, 2.75) is 30.7 Å². The van der Waals surface area contributed by atoms with Gasteiger partial charge in [0, 0.05) is 19.2 Å². The Morgan fingerprint density at radius 2 is 1.93 bits per heavy atom. The molecule has 0 aliphatic rings. The average molecular weight is 448 g/mol. The molecule has 1 aromatic carbocycles. The van der Waals surface area contributed by atoms with Gasteiger partial charge in [-0.15, -0.1) is 10.2 Å². The number of aromatic nitrogens is 3. The Morgan fingerprint density at radius 3 is 2.67 bits per heavy atom. The molecule has 2 heterocycles. The van der Waals surface area contributed by atoms with E-state index in [-0.39, 0.29) is 10.8 Å². The van der Waals surface area contributed by atoms with Gasteiger partial charge in [-0.3, -0.25) is 9.20 Å². The summed E-state index contributed by atoms with van der Waals surface area (Å²) in [6, 6.07) is 11.3. The van der Waals surface area contributed by atoms with Gasteiger partial charge >= 0.3 is 0 Å². The molecule has 2 aromatic heterocycles. The zero-order valence-corrected chi connectivity index (χ0v) is 18.5. The SMILES string of the molecule is CSCC[C@@H](NS(=O)(=O)c1ccc(C)cc1)C(=O)NCCc1nnc2ccccn12. The number of sulfonamides is 1. The van der Waals surface area contributed by atoms with E-state index < -0.39 is 16.1 Å². The lowest BCUT2D eigenvalue weighted by atomic mass is 10.2. The van der Waals surface area contributed by atoms with E-state index in [1.807, 2.05) is 42.0 Å². The van der Waals surface area contributed by atoms with Gasteiger partial charge in [-0.1, -0.05) is 23.8 Å². The largest absolute Gasteiger partial charge is 0.354 e. The fraction of sp³-hybridized carbons (Fsp3) is 0.350. The minimum absolute atomic E-state index is 0.144. The normalized spacial score (nSPS) is 12.7. The van der Waals surface area contributed by atoms with E-state index in [0.717, 1.165) is 17.0 Å². The minimum Gasteiger partial charge on any atom is -0.354 e. The third-order valence-electron chi connectivity index (χ3n) is 4.59. The molecular weight excluding hydrogens is 422 g/mol. The molecule has 3 aromatic rings. The molecule has 1 atom stereocenters. The molecule has 0 saturated carbocycles. The van der Waals surface area contributed by atoms with E-state index in [4.69, 9.17) is 0 Å². The summed E-state index contributed by atoms with van der Waals surface area (Å²) in [6.07, 6.45) is 4.66. The first-order valence-electron chi connectivity index (χ1n) is 9.55. The Balaban J connectivity index is 1.63. The molecule has 0 bridgehead atoms. The van der Waals surface area contributed by atoms with E-state index >= 15 is 0 Å². The number of thioether (sulfide) groups is 1. The Bertz CT molecular complexity index is 1100. The quantitative estimate of drug-likeness (QED) is 0.491. The second-order valence-electron chi connectivity index (χ2n) is 6.85. The topological polar surface area (TPSA) is 105 Å². The highest BCUT2D eigenvalue weighted by Crippen LogP contribution is 2.12. The van der Waals surface area contributed by atoms with Crippen molar-refractivity contribution in [3.8, 4) is 0 Å². The van der Waals surface area contributed by atoms with Crippen LogP contribution in [0.5, 0.6) is 0 Å². The van der Waals surface area contributed by atoms with Crippen LogP contribution in [0.2, 0.25) is 0 Å². The number of benzene rings is 1. The van der Waals surface area contributed by atoms with Crippen molar-refractivity contribution in [3.05, 3.63) is 60.0 Å². The molecule has 1 amide bonds. The smallest absolute Gasteiger partial charge is 0.241 e. The summed E-state index contributed by atoms with van der Waals surface area (Å²) < 4.78 is 29.8. The maximum atomic E-state index is 12.7. The van der Waals surface area contributed by atoms with Crippen LogP contribution in [-0.4, -0.2) is 53.5 Å². The first-order chi connectivity index (χ1) is 14.4. The summed E-state index contributed by atoms with van der Waals surface area (Å²) in [6.45, 7) is 2.22. The zero-order chi connectivity index (χ0) is 21.6. The molecule has 0 aliphatic heterocycles. The van der Waals surface area contributed by atoms with Crippen molar-refractivity contribution >= 4 is 33.3 Å². The first kappa shape index (κ1) is 22.3. The van der Waals surface area contributed by atoms with Crippen LogP contribution >= 0.6 is 11.8 Å². The first-order valence-corrected chi connectivity index (χ1v) is 12.4. The number of fused-ring (bicyclic) bond motifs is 1. The maximum absolute atomic E-state index is 12.7. The molecular formula is C20H25N5O3S2. The molecule has 0 fully saturated rings. The predicted octanol–water partition coefficient (Wildman–Crippen LogP) is 1.80. The number of hydrogen-bond acceptors (Lipinski definition) is 6. The summed E-state index contributed by atoms with van der Waals surface area (Å²) >= 11 is 1.56. The van der Waals surface area contributed by atoms with Gasteiger partial charge in [0.25, 0.3) is 0 Å². The Kier molecular flexibility index (Phi) is 7.46. The average Bonchev–Trinajstić information content (AvgIpc) is 3.14. The molecule has 0 spiro atoms. The van der Waals surface area contributed by atoms with Crippen LogP contribution in [0.15, 0.2) is 53.6 Å². The number of pyridine rings is 1. The fourth-order valence-corrected chi connectivity index (χ4v) is 4.64. The number of nitrogens with one attached hydrogen (secondary N) is 2. The summed E-state index contributed by atoms with van der Waals surface area (Å²) in [7, 11) is -3.80. The van der Waals surface area contributed by atoms with E-state index in [2.05, 4.69) is 20.2 Å². The van der Waals surface area contributed by atoms with Crippen molar-refractivity contribution in [1.29, 1.82) is 0 Å². The van der Waals surface area contributed by atoms with Crippen molar-refractivity contribution in [1.82, 2.24) is 24.6 Å². The van der Waals surface area contributed by atoms with Crippen LogP contribution in [0.25, 0.3) is 5.65 Å². The van der Waals surface area contributed by atoms with Crippen LogP contribution in [0.3, 0.4) is 0 Å². The van der Waals surface area contributed by atoms with Crippen LogP contribution in [0.1, 0.15) is 17.8 Å². The van der Waals surface area contributed by atoms with E-state index in [0.29, 0.717) is 25.1 Å². The third kappa shape index (κ3) is 5.59. The predicted molar refractivity (Wildman–Crippen MR) is 118 cm³/mol. The number of amides is 1. The highest BCUT2D eigenvalue weighted by molar-refractivity contribution is 7.98. The van der Waals surface area contributed by atoms with Gasteiger partial charge in [-0.25, -0.2) is 8.42 Å². The molecule has 160 valence electrons. The number of rotatable bonds is 10. The molecule has 2 N–H and O–H groups in total. The number of hydrogen-bond donors (Lipinski definition) is 2. The molecule has 3 rings (SSSR count). The van der Waals surface area contributed by atoms with Gasteiger partial charge in [0.2, 0.25) is 15.9 Å². The third-order valence-corrected chi connectivity index (χ3v) is 6.72. The second-order valence-corrected chi connectivity index (χ2v) is 9.55. The van der Waals surface area contributed by atoms with E-state index in [1.165, 1.54) is 12.1 Å². The molecule has 0 radical (unpaired) electrons. The Hall–Kier alpha value is -2.43. The van der Waals surface area contributed by atoms with Crippen molar-refractivity contribution in [2.75, 3.05) is 18.6 Å². The van der Waals surface area contributed by atoms with Gasteiger partial charge in [0.05, 0.1) is 4.90 Å². The lowest BCUT2D eigenvalue weighted by Crippen LogP contribution is -2.47. The van der Waals surface area contributed by atoms with Crippen molar-refractivity contribution in [2.24, 2.45) is 0 Å². The summed E-state index contributed by atoms with van der Waals surface area (Å²) in [5.41, 5.74) is 1.70. The second kappa shape index (κ2) is 10.1. The minimum atomic E-state index is -3.80. The Labute approximate surface area is 180 Å². The van der Waals surface area contributed by atoms with Gasteiger partial charge in [0.1, 0.15) is 11.9 Å². The number of aryl methyl sites for hydroxylation is 1. The number of carbonyl (C=O) groups excluding carboxylic acids is 1. The fourth-order valence-electron chi connectivity index (χ4n) is 2.93. The van der Waals surface area contributed by atoms with Crippen molar-refractivity contribution < 1.29 is 13.2 Å². The molecule has 30 heavy (non-hydrogen) atoms. The van der Waals surface area contributed by atoms with Gasteiger partial charge in [-0.2, -0.15) is 16.5 Å².